The van der Waals surface area contributed by atoms with Crippen LogP contribution in [0.15, 0.2) is 0 Å². The van der Waals surface area contributed by atoms with E-state index < -0.39 is 109 Å². The zero-order valence-corrected chi connectivity index (χ0v) is 30.3. The smallest absolute Gasteiger partial charge is 0.434 e. The molecule has 0 heterocycles. The van der Waals surface area contributed by atoms with Crippen LogP contribution in [0.4, 0.5) is 52.7 Å². The van der Waals surface area contributed by atoms with Gasteiger partial charge in [0.15, 0.2) is 0 Å². The molecule has 3 aliphatic carbocycles. The van der Waals surface area contributed by atoms with Crippen molar-refractivity contribution in [2.24, 2.45) is 52.8 Å². The highest BCUT2D eigenvalue weighted by Gasteiger charge is 2.63. The van der Waals surface area contributed by atoms with Crippen molar-refractivity contribution in [3.8, 4) is 0 Å². The molecule has 0 saturated heterocycles. The minimum Gasteiger partial charge on any atom is -0.462 e. The average molecular weight is 807 g/mol. The first-order chi connectivity index (χ1) is 24.5. The SMILES string of the molecule is CC1CCC(C(C)(C)C2CCC(OC(=O)C3CC(C(=O)C(C)C)C(C(=O)OC(C(F)(F)F)C(F)(F)F)CC3C(=O)OC(C(F)(F)F)C(F)(F)F)CC2)CC1. The van der Waals surface area contributed by atoms with Gasteiger partial charge in [-0.25, -0.2) is 0 Å². The average Bonchev–Trinajstić information content (AvgIpc) is 3.03. The van der Waals surface area contributed by atoms with Crippen LogP contribution in [0.1, 0.15) is 98.8 Å². The maximum Gasteiger partial charge on any atom is 0.434 e. The van der Waals surface area contributed by atoms with Gasteiger partial charge in [0, 0.05) is 11.8 Å². The molecule has 312 valence electrons. The molecule has 3 fully saturated rings. The number of ketones is 1. The van der Waals surface area contributed by atoms with Gasteiger partial charge < -0.3 is 14.2 Å². The van der Waals surface area contributed by atoms with Crippen molar-refractivity contribution in [3.05, 3.63) is 0 Å². The molecule has 3 rings (SSSR count). The largest absolute Gasteiger partial charge is 0.462 e. The van der Waals surface area contributed by atoms with Crippen molar-refractivity contribution >= 4 is 23.7 Å². The molecular formula is C35H46F12O7. The van der Waals surface area contributed by atoms with Gasteiger partial charge in [-0.2, -0.15) is 52.7 Å². The third kappa shape index (κ3) is 11.2. The molecule has 0 amide bonds. The van der Waals surface area contributed by atoms with Crippen LogP contribution in [0, 0.1) is 52.8 Å². The lowest BCUT2D eigenvalue weighted by atomic mass is 9.60. The quantitative estimate of drug-likeness (QED) is 0.123. The summed E-state index contributed by atoms with van der Waals surface area (Å²) in [6.45, 7) is 8.96. The van der Waals surface area contributed by atoms with Crippen LogP contribution >= 0.6 is 0 Å². The number of carbonyl (C=O) groups excluding carboxylic acids is 4. The molecule has 0 spiro atoms. The highest BCUT2D eigenvalue weighted by molar-refractivity contribution is 5.91. The van der Waals surface area contributed by atoms with Gasteiger partial charge >= 0.3 is 42.6 Å². The van der Waals surface area contributed by atoms with Crippen LogP contribution in [-0.4, -0.2) is 66.7 Å². The van der Waals surface area contributed by atoms with E-state index in [2.05, 4.69) is 30.2 Å². The first-order valence-electron chi connectivity index (χ1n) is 17.9. The van der Waals surface area contributed by atoms with Crippen LogP contribution in [-0.2, 0) is 33.4 Å². The van der Waals surface area contributed by atoms with E-state index in [1.165, 1.54) is 13.8 Å². The van der Waals surface area contributed by atoms with Gasteiger partial charge in [-0.15, -0.1) is 0 Å². The van der Waals surface area contributed by atoms with E-state index in [1.54, 1.807) is 0 Å². The molecule has 0 aliphatic heterocycles. The molecule has 7 nitrogen and oxygen atoms in total. The number of ether oxygens (including phenoxy) is 3. The summed E-state index contributed by atoms with van der Waals surface area (Å²) in [6.07, 6.45) is -31.8. The van der Waals surface area contributed by atoms with E-state index in [1.807, 2.05) is 0 Å². The zero-order valence-electron chi connectivity index (χ0n) is 30.3. The van der Waals surface area contributed by atoms with Crippen LogP contribution in [0.5, 0.6) is 0 Å². The number of rotatable bonds is 10. The Morgan fingerprint density at radius 1 is 0.519 bits per heavy atom. The van der Waals surface area contributed by atoms with E-state index in [-0.39, 0.29) is 24.2 Å². The summed E-state index contributed by atoms with van der Waals surface area (Å²) >= 11 is 0. The third-order valence-corrected chi connectivity index (χ3v) is 11.6. The molecule has 3 aliphatic rings. The number of hydrogen-bond donors (Lipinski definition) is 0. The number of Topliss-reactive ketones (excluding diaryl/α,β-unsaturated/α-hetero) is 1. The Kier molecular flexibility index (Phi) is 14.2. The summed E-state index contributed by atoms with van der Waals surface area (Å²) < 4.78 is 173. The Morgan fingerprint density at radius 2 is 0.852 bits per heavy atom. The minimum absolute atomic E-state index is 0.0772. The van der Waals surface area contributed by atoms with Gasteiger partial charge in [-0.05, 0) is 74.5 Å². The molecule has 0 aromatic carbocycles. The summed E-state index contributed by atoms with van der Waals surface area (Å²) in [5.41, 5.74) is -0.0772. The van der Waals surface area contributed by atoms with Crippen molar-refractivity contribution in [1.82, 2.24) is 0 Å². The Hall–Kier alpha value is -2.76. The summed E-state index contributed by atoms with van der Waals surface area (Å²) in [7, 11) is 0. The molecule has 0 aromatic rings. The molecule has 4 unspecified atom stereocenters. The lowest BCUT2D eigenvalue weighted by Gasteiger charge is -2.46. The van der Waals surface area contributed by atoms with Gasteiger partial charge in [0.1, 0.15) is 11.9 Å². The summed E-state index contributed by atoms with van der Waals surface area (Å²) in [5.74, 6) is -15.9. The number of esters is 3. The lowest BCUT2D eigenvalue weighted by molar-refractivity contribution is -0.315. The van der Waals surface area contributed by atoms with Gasteiger partial charge in [0.05, 0.1) is 17.8 Å². The molecule has 54 heavy (non-hydrogen) atoms. The van der Waals surface area contributed by atoms with Crippen LogP contribution in [0.25, 0.3) is 0 Å². The highest BCUT2D eigenvalue weighted by Crippen LogP contribution is 2.50. The standard InChI is InChI=1S/C35H46F12O7/c1-16(2)25(48)21-14-23(26(49)52-20-12-10-19(11-13-20)31(4,5)18-8-6-17(3)7-9-18)24(28(51)54-30(34(42,43)44)35(45,46)47)15-22(21)27(50)53-29(32(36,37)38)33(39,40)41/h16-24,29-30H,6-15H2,1-5H3. The number of alkyl halides is 12. The predicted molar refractivity (Wildman–Crippen MR) is 164 cm³/mol. The molecule has 0 bridgehead atoms. The fraction of sp³-hybridized carbons (Fsp3) is 0.886. The molecule has 0 N–H and O–H groups in total. The number of hydrogen-bond acceptors (Lipinski definition) is 7. The van der Waals surface area contributed by atoms with E-state index in [0.717, 1.165) is 25.7 Å². The van der Waals surface area contributed by atoms with Crippen LogP contribution in [0.2, 0.25) is 0 Å². The Morgan fingerprint density at radius 3 is 1.22 bits per heavy atom. The normalized spacial score (nSPS) is 29.3. The Bertz CT molecular complexity index is 1290. The highest BCUT2D eigenvalue weighted by atomic mass is 19.4. The van der Waals surface area contributed by atoms with Gasteiger partial charge in [-0.1, -0.05) is 47.5 Å². The van der Waals surface area contributed by atoms with Crippen molar-refractivity contribution < 1.29 is 86.1 Å². The fourth-order valence-corrected chi connectivity index (χ4v) is 8.29. The van der Waals surface area contributed by atoms with Crippen LogP contribution < -0.4 is 0 Å². The van der Waals surface area contributed by atoms with E-state index in [0.29, 0.717) is 24.7 Å². The predicted octanol–water partition coefficient (Wildman–Crippen LogP) is 9.50. The summed E-state index contributed by atoms with van der Waals surface area (Å²) in [5, 5.41) is 0. The van der Waals surface area contributed by atoms with E-state index >= 15 is 0 Å². The fourth-order valence-electron chi connectivity index (χ4n) is 8.29. The molecule has 0 radical (unpaired) electrons. The Balaban J connectivity index is 1.93. The first kappa shape index (κ1) is 45.6. The second-order valence-corrected chi connectivity index (χ2v) is 15.9. The maximum absolute atomic E-state index is 13.7. The Labute approximate surface area is 304 Å². The third-order valence-electron chi connectivity index (χ3n) is 11.6. The van der Waals surface area contributed by atoms with Crippen LogP contribution in [0.3, 0.4) is 0 Å². The summed E-state index contributed by atoms with van der Waals surface area (Å²) in [6, 6.07) is 0. The maximum atomic E-state index is 13.7. The minimum atomic E-state index is -6.25. The zero-order chi connectivity index (χ0) is 41.4. The molecule has 4 atom stereocenters. The lowest BCUT2D eigenvalue weighted by Crippen LogP contribution is -2.52. The topological polar surface area (TPSA) is 96.0 Å². The van der Waals surface area contributed by atoms with Gasteiger partial charge in [0.25, 0.3) is 12.2 Å². The second-order valence-electron chi connectivity index (χ2n) is 15.9. The number of carbonyl (C=O) groups is 4. The van der Waals surface area contributed by atoms with Crippen molar-refractivity contribution in [2.75, 3.05) is 0 Å². The van der Waals surface area contributed by atoms with Gasteiger partial charge in [0.2, 0.25) is 0 Å². The van der Waals surface area contributed by atoms with Gasteiger partial charge in [-0.3, -0.25) is 19.2 Å². The first-order valence-corrected chi connectivity index (χ1v) is 17.9. The van der Waals surface area contributed by atoms with E-state index in [4.69, 9.17) is 4.74 Å². The van der Waals surface area contributed by atoms with E-state index in [9.17, 15) is 71.9 Å². The molecule has 3 saturated carbocycles. The molecule has 0 aromatic heterocycles. The van der Waals surface area contributed by atoms with Crippen molar-refractivity contribution in [2.45, 2.75) is 142 Å². The monoisotopic (exact) mass is 806 g/mol. The number of halogens is 12. The summed E-state index contributed by atoms with van der Waals surface area (Å²) in [4.78, 5) is 53.0. The molecular weight excluding hydrogens is 760 g/mol. The molecule has 19 heteroatoms. The van der Waals surface area contributed by atoms with Crippen molar-refractivity contribution in [3.63, 3.8) is 0 Å². The van der Waals surface area contributed by atoms with Crippen molar-refractivity contribution in [1.29, 1.82) is 0 Å². The second kappa shape index (κ2) is 16.8.